The maximum absolute atomic E-state index is 12.6. The van der Waals surface area contributed by atoms with E-state index < -0.39 is 11.7 Å². The second kappa shape index (κ2) is 6.43. The Labute approximate surface area is 141 Å². The van der Waals surface area contributed by atoms with Crippen LogP contribution in [-0.4, -0.2) is 16.7 Å². The maximum Gasteiger partial charge on any atom is 0.417 e. The van der Waals surface area contributed by atoms with Crippen molar-refractivity contribution in [2.75, 3.05) is 7.11 Å². The van der Waals surface area contributed by atoms with Crippen molar-refractivity contribution in [1.29, 1.82) is 0 Å². The summed E-state index contributed by atoms with van der Waals surface area (Å²) in [5, 5.41) is 0. The van der Waals surface area contributed by atoms with E-state index in [0.717, 1.165) is 17.2 Å². The number of aromatic nitrogens is 2. The van der Waals surface area contributed by atoms with Gasteiger partial charge in [-0.15, -0.1) is 0 Å². The van der Waals surface area contributed by atoms with Crippen LogP contribution in [0, 0.1) is 0 Å². The third-order valence-corrected chi connectivity index (χ3v) is 3.66. The first-order chi connectivity index (χ1) is 11.9. The molecule has 3 rings (SSSR count). The summed E-state index contributed by atoms with van der Waals surface area (Å²) in [7, 11) is 1.56. The molecule has 0 unspecified atom stereocenters. The molecule has 0 bridgehead atoms. The summed E-state index contributed by atoms with van der Waals surface area (Å²) >= 11 is 0. The SMILES string of the molecule is COc1ccc(-c2ccc(=O)n(-c3ccc(C(F)(F)F)cn3)c2)cc1. The molecule has 0 radical (unpaired) electrons. The number of benzene rings is 1. The highest BCUT2D eigenvalue weighted by molar-refractivity contribution is 5.63. The van der Waals surface area contributed by atoms with Gasteiger partial charge in [0.05, 0.1) is 12.7 Å². The molecule has 0 saturated carbocycles. The Morgan fingerprint density at radius 2 is 1.64 bits per heavy atom. The Morgan fingerprint density at radius 1 is 0.960 bits per heavy atom. The molecule has 0 amide bonds. The smallest absolute Gasteiger partial charge is 0.417 e. The van der Waals surface area contributed by atoms with Crippen LogP contribution in [0.5, 0.6) is 5.75 Å². The Bertz CT molecular complexity index is 930. The maximum atomic E-state index is 12.6. The number of pyridine rings is 2. The van der Waals surface area contributed by atoms with Gasteiger partial charge in [0.2, 0.25) is 0 Å². The number of methoxy groups -OCH3 is 1. The molecule has 0 spiro atoms. The van der Waals surface area contributed by atoms with Gasteiger partial charge in [-0.05, 0) is 41.5 Å². The summed E-state index contributed by atoms with van der Waals surface area (Å²) in [6.07, 6.45) is -2.22. The summed E-state index contributed by atoms with van der Waals surface area (Å²) in [5.74, 6) is 0.815. The van der Waals surface area contributed by atoms with Crippen LogP contribution < -0.4 is 10.3 Å². The van der Waals surface area contributed by atoms with Gasteiger partial charge in [-0.2, -0.15) is 13.2 Å². The van der Waals surface area contributed by atoms with Crippen molar-refractivity contribution in [3.05, 3.63) is 76.8 Å². The third kappa shape index (κ3) is 3.55. The largest absolute Gasteiger partial charge is 0.497 e. The van der Waals surface area contributed by atoms with Crippen molar-refractivity contribution in [2.45, 2.75) is 6.18 Å². The van der Waals surface area contributed by atoms with Crippen LogP contribution in [0.4, 0.5) is 13.2 Å². The molecule has 0 aliphatic heterocycles. The molecule has 1 aromatic carbocycles. The molecule has 0 fully saturated rings. The number of alkyl halides is 3. The predicted molar refractivity (Wildman–Crippen MR) is 86.8 cm³/mol. The van der Waals surface area contributed by atoms with Gasteiger partial charge in [0, 0.05) is 18.5 Å². The number of hydrogen-bond donors (Lipinski definition) is 0. The monoisotopic (exact) mass is 346 g/mol. The fourth-order valence-electron chi connectivity index (χ4n) is 2.32. The summed E-state index contributed by atoms with van der Waals surface area (Å²) in [6.45, 7) is 0. The van der Waals surface area contributed by atoms with Crippen molar-refractivity contribution in [2.24, 2.45) is 0 Å². The molecular formula is C18H13F3N2O2. The van der Waals surface area contributed by atoms with Crippen LogP contribution in [0.25, 0.3) is 16.9 Å². The molecule has 0 saturated heterocycles. The molecular weight excluding hydrogens is 333 g/mol. The van der Waals surface area contributed by atoms with E-state index in [0.29, 0.717) is 11.9 Å². The Kier molecular flexibility index (Phi) is 4.31. The van der Waals surface area contributed by atoms with Crippen molar-refractivity contribution in [3.63, 3.8) is 0 Å². The van der Waals surface area contributed by atoms with E-state index in [4.69, 9.17) is 4.74 Å². The minimum Gasteiger partial charge on any atom is -0.497 e. The van der Waals surface area contributed by atoms with Gasteiger partial charge in [-0.3, -0.25) is 9.36 Å². The van der Waals surface area contributed by atoms with Crippen molar-refractivity contribution in [1.82, 2.24) is 9.55 Å². The summed E-state index contributed by atoms with van der Waals surface area (Å²) in [4.78, 5) is 15.8. The van der Waals surface area contributed by atoms with E-state index in [-0.39, 0.29) is 11.4 Å². The van der Waals surface area contributed by atoms with Crippen LogP contribution in [0.2, 0.25) is 0 Å². The first kappa shape index (κ1) is 16.8. The van der Waals surface area contributed by atoms with Crippen molar-refractivity contribution >= 4 is 0 Å². The summed E-state index contributed by atoms with van der Waals surface area (Å²) in [6, 6.07) is 12.3. The molecule has 0 atom stereocenters. The minimum absolute atomic E-state index is 0.119. The van der Waals surface area contributed by atoms with Crippen LogP contribution in [0.1, 0.15) is 5.56 Å². The van der Waals surface area contributed by atoms with E-state index in [1.54, 1.807) is 31.5 Å². The third-order valence-electron chi connectivity index (χ3n) is 3.66. The van der Waals surface area contributed by atoms with Gasteiger partial charge >= 0.3 is 6.18 Å². The molecule has 0 aliphatic rings. The van der Waals surface area contributed by atoms with Gasteiger partial charge in [0.1, 0.15) is 11.6 Å². The molecule has 128 valence electrons. The molecule has 3 aromatic rings. The fourth-order valence-corrected chi connectivity index (χ4v) is 2.32. The Balaban J connectivity index is 2.00. The van der Waals surface area contributed by atoms with Gasteiger partial charge < -0.3 is 4.74 Å². The van der Waals surface area contributed by atoms with Gasteiger partial charge in [-0.25, -0.2) is 4.98 Å². The quantitative estimate of drug-likeness (QED) is 0.722. The van der Waals surface area contributed by atoms with Crippen LogP contribution >= 0.6 is 0 Å². The average molecular weight is 346 g/mol. The van der Waals surface area contributed by atoms with Gasteiger partial charge in [0.25, 0.3) is 5.56 Å². The number of hydrogen-bond acceptors (Lipinski definition) is 3. The first-order valence-electron chi connectivity index (χ1n) is 7.29. The molecule has 25 heavy (non-hydrogen) atoms. The lowest BCUT2D eigenvalue weighted by Gasteiger charge is -2.10. The molecule has 4 nitrogen and oxygen atoms in total. The lowest BCUT2D eigenvalue weighted by molar-refractivity contribution is -0.137. The summed E-state index contributed by atoms with van der Waals surface area (Å²) in [5.41, 5.74) is 0.311. The average Bonchev–Trinajstić information content (AvgIpc) is 2.62. The number of ether oxygens (including phenoxy) is 1. The second-order valence-corrected chi connectivity index (χ2v) is 5.26. The molecule has 2 aromatic heterocycles. The number of rotatable bonds is 3. The highest BCUT2D eigenvalue weighted by Crippen LogP contribution is 2.28. The normalized spacial score (nSPS) is 11.4. The standard InChI is InChI=1S/C18H13F3N2O2/c1-25-15-6-2-12(3-7-15)13-4-9-17(24)23(11-13)16-8-5-14(10-22-16)18(19,20)21/h2-11H,1H3. The topological polar surface area (TPSA) is 44.1 Å². The van der Waals surface area contributed by atoms with E-state index in [2.05, 4.69) is 4.98 Å². The molecule has 2 heterocycles. The lowest BCUT2D eigenvalue weighted by Crippen LogP contribution is -2.18. The predicted octanol–water partition coefficient (Wildman–Crippen LogP) is 3.93. The van der Waals surface area contributed by atoms with Crippen LogP contribution in [0.3, 0.4) is 0 Å². The fraction of sp³-hybridized carbons (Fsp3) is 0.111. The second-order valence-electron chi connectivity index (χ2n) is 5.26. The van der Waals surface area contributed by atoms with Gasteiger partial charge in [0.15, 0.2) is 0 Å². The zero-order valence-corrected chi connectivity index (χ0v) is 13.1. The Hall–Kier alpha value is -3.09. The molecule has 7 heteroatoms. The minimum atomic E-state index is -4.47. The van der Waals surface area contributed by atoms with E-state index >= 15 is 0 Å². The van der Waals surface area contributed by atoms with Crippen LogP contribution in [-0.2, 0) is 6.18 Å². The molecule has 0 aliphatic carbocycles. The lowest BCUT2D eigenvalue weighted by atomic mass is 10.1. The van der Waals surface area contributed by atoms with Crippen molar-refractivity contribution in [3.8, 4) is 22.7 Å². The number of nitrogens with zero attached hydrogens (tertiary/aromatic N) is 2. The Morgan fingerprint density at radius 3 is 2.20 bits per heavy atom. The zero-order valence-electron chi connectivity index (χ0n) is 13.1. The van der Waals surface area contributed by atoms with Crippen molar-refractivity contribution < 1.29 is 17.9 Å². The first-order valence-corrected chi connectivity index (χ1v) is 7.29. The van der Waals surface area contributed by atoms with Gasteiger partial charge in [-0.1, -0.05) is 12.1 Å². The molecule has 0 N–H and O–H groups in total. The number of halogens is 3. The summed E-state index contributed by atoms with van der Waals surface area (Å²) < 4.78 is 44.2. The highest BCUT2D eigenvalue weighted by atomic mass is 19.4. The van der Waals surface area contributed by atoms with Crippen LogP contribution in [0.15, 0.2) is 65.7 Å². The van der Waals surface area contributed by atoms with E-state index in [9.17, 15) is 18.0 Å². The van der Waals surface area contributed by atoms with E-state index in [1.165, 1.54) is 16.7 Å². The van der Waals surface area contributed by atoms with E-state index in [1.807, 2.05) is 12.1 Å². The zero-order chi connectivity index (χ0) is 18.0. The highest BCUT2D eigenvalue weighted by Gasteiger charge is 2.30.